The number of aromatic carboxylic acids is 1. The van der Waals surface area contributed by atoms with Crippen molar-refractivity contribution in [3.05, 3.63) is 87.9 Å². The number of hydrogen-bond donors (Lipinski definition) is 2. The van der Waals surface area contributed by atoms with Crippen LogP contribution in [0.5, 0.6) is 17.2 Å². The van der Waals surface area contributed by atoms with Gasteiger partial charge in [-0.05, 0) is 66.9 Å². The minimum Gasteiger partial charge on any atom is -0.497 e. The predicted molar refractivity (Wildman–Crippen MR) is 134 cm³/mol. The van der Waals surface area contributed by atoms with E-state index in [1.807, 2.05) is 18.2 Å². The quantitative estimate of drug-likeness (QED) is 0.473. The summed E-state index contributed by atoms with van der Waals surface area (Å²) < 4.78 is 17.8. The van der Waals surface area contributed by atoms with Gasteiger partial charge in [-0.2, -0.15) is 0 Å². The van der Waals surface area contributed by atoms with Gasteiger partial charge < -0.3 is 24.6 Å². The molecule has 5 rings (SSSR count). The fourth-order valence-electron chi connectivity index (χ4n) is 4.74. The Labute approximate surface area is 213 Å². The van der Waals surface area contributed by atoms with E-state index in [2.05, 4.69) is 5.32 Å². The van der Waals surface area contributed by atoms with Crippen LogP contribution in [0.2, 0.25) is 5.02 Å². The lowest BCUT2D eigenvalue weighted by molar-refractivity contribution is -0.138. The van der Waals surface area contributed by atoms with Crippen molar-refractivity contribution in [2.24, 2.45) is 0 Å². The van der Waals surface area contributed by atoms with Gasteiger partial charge in [0.2, 0.25) is 0 Å². The van der Waals surface area contributed by atoms with Crippen LogP contribution in [0, 0.1) is 0 Å². The number of fused-ring (bicyclic) bond motifs is 2. The van der Waals surface area contributed by atoms with Crippen molar-refractivity contribution in [2.75, 3.05) is 7.11 Å². The highest BCUT2D eigenvalue weighted by atomic mass is 35.5. The largest absolute Gasteiger partial charge is 0.497 e. The third-order valence-corrected chi connectivity index (χ3v) is 7.09. The van der Waals surface area contributed by atoms with Crippen LogP contribution in [0.25, 0.3) is 0 Å². The van der Waals surface area contributed by atoms with E-state index in [0.717, 1.165) is 16.7 Å². The fraction of sp³-hybridized carbons (Fsp3) is 0.286. The van der Waals surface area contributed by atoms with E-state index in [1.165, 1.54) is 0 Å². The van der Waals surface area contributed by atoms with Gasteiger partial charge in [-0.25, -0.2) is 4.79 Å². The number of amides is 1. The normalized spacial score (nSPS) is 22.3. The standard InChI is InChI=1S/C28H26ClNO6/c1-28(12-11-18-13-19(29)7-10-23(18)36-28)27(33)30-22-15-24(16-3-5-17(6-4-16)26(31)32)35-25-14-20(34-2)8-9-21(22)25/h3-10,13-14,22,24H,11-12,15H2,1-2H3,(H,30,33)(H,31,32)/t22-,24-,28-/m1/s1. The van der Waals surface area contributed by atoms with Crippen LogP contribution in [0.3, 0.4) is 0 Å². The number of ether oxygens (including phenoxy) is 3. The molecule has 7 nitrogen and oxygen atoms in total. The molecule has 2 aliphatic rings. The number of nitrogens with one attached hydrogen (secondary N) is 1. The molecule has 0 saturated carbocycles. The summed E-state index contributed by atoms with van der Waals surface area (Å²) in [5.74, 6) is 0.705. The SMILES string of the molecule is COc1ccc2c(c1)O[C@@H](c1ccc(C(=O)O)cc1)C[C@H]2NC(=O)[C@@]1(C)CCc2cc(Cl)ccc2O1. The van der Waals surface area contributed by atoms with Crippen molar-refractivity contribution in [1.29, 1.82) is 0 Å². The Morgan fingerprint density at radius 2 is 1.86 bits per heavy atom. The maximum atomic E-state index is 13.6. The molecule has 36 heavy (non-hydrogen) atoms. The molecule has 2 heterocycles. The van der Waals surface area contributed by atoms with E-state index in [-0.39, 0.29) is 23.6 Å². The van der Waals surface area contributed by atoms with Crippen molar-refractivity contribution in [1.82, 2.24) is 5.32 Å². The van der Waals surface area contributed by atoms with Gasteiger partial charge in [0.15, 0.2) is 5.60 Å². The van der Waals surface area contributed by atoms with Crippen molar-refractivity contribution in [3.8, 4) is 17.2 Å². The molecule has 186 valence electrons. The van der Waals surface area contributed by atoms with Crippen LogP contribution in [-0.4, -0.2) is 29.7 Å². The molecule has 0 bridgehead atoms. The number of hydrogen-bond acceptors (Lipinski definition) is 5. The Morgan fingerprint density at radius 3 is 2.58 bits per heavy atom. The van der Waals surface area contributed by atoms with Crippen molar-refractivity contribution in [2.45, 2.75) is 43.9 Å². The lowest BCUT2D eigenvalue weighted by Crippen LogP contribution is -2.52. The zero-order valence-electron chi connectivity index (χ0n) is 19.9. The zero-order chi connectivity index (χ0) is 25.4. The Morgan fingerprint density at radius 1 is 1.08 bits per heavy atom. The molecular weight excluding hydrogens is 482 g/mol. The molecule has 0 saturated heterocycles. The molecule has 3 atom stereocenters. The van der Waals surface area contributed by atoms with Gasteiger partial charge in [0.25, 0.3) is 5.91 Å². The highest BCUT2D eigenvalue weighted by Crippen LogP contribution is 2.43. The molecule has 2 N–H and O–H groups in total. The summed E-state index contributed by atoms with van der Waals surface area (Å²) in [6.45, 7) is 1.80. The van der Waals surface area contributed by atoms with E-state index >= 15 is 0 Å². The van der Waals surface area contributed by atoms with E-state index in [0.29, 0.717) is 41.5 Å². The summed E-state index contributed by atoms with van der Waals surface area (Å²) in [7, 11) is 1.58. The summed E-state index contributed by atoms with van der Waals surface area (Å²) in [6, 6.07) is 17.2. The van der Waals surface area contributed by atoms with E-state index in [4.69, 9.17) is 25.8 Å². The van der Waals surface area contributed by atoms with E-state index in [1.54, 1.807) is 56.5 Å². The number of rotatable bonds is 5. The fourth-order valence-corrected chi connectivity index (χ4v) is 4.93. The summed E-state index contributed by atoms with van der Waals surface area (Å²) in [5.41, 5.74) is 1.81. The highest BCUT2D eigenvalue weighted by Gasteiger charge is 2.41. The number of halogens is 1. The Kier molecular flexibility index (Phi) is 6.26. The van der Waals surface area contributed by atoms with E-state index in [9.17, 15) is 14.7 Å². The van der Waals surface area contributed by atoms with Gasteiger partial charge in [0.1, 0.15) is 23.4 Å². The Hall–Kier alpha value is -3.71. The number of benzene rings is 3. The van der Waals surface area contributed by atoms with E-state index < -0.39 is 11.6 Å². The van der Waals surface area contributed by atoms with Crippen LogP contribution >= 0.6 is 11.6 Å². The molecule has 0 radical (unpaired) electrons. The first-order valence-corrected chi connectivity index (χ1v) is 12.1. The van der Waals surface area contributed by atoms with Crippen LogP contribution in [0.1, 0.15) is 59.0 Å². The van der Waals surface area contributed by atoms with Gasteiger partial charge in [-0.3, -0.25) is 4.79 Å². The molecule has 3 aromatic carbocycles. The maximum absolute atomic E-state index is 13.6. The topological polar surface area (TPSA) is 94.1 Å². The molecular formula is C28H26ClNO6. The van der Waals surface area contributed by atoms with Crippen LogP contribution in [0.15, 0.2) is 60.7 Å². The summed E-state index contributed by atoms with van der Waals surface area (Å²) in [5, 5.41) is 13.1. The summed E-state index contributed by atoms with van der Waals surface area (Å²) in [4.78, 5) is 24.8. The van der Waals surface area contributed by atoms with Gasteiger partial charge in [0, 0.05) is 29.5 Å². The second kappa shape index (κ2) is 9.39. The Balaban J connectivity index is 1.41. The van der Waals surface area contributed by atoms with Gasteiger partial charge >= 0.3 is 5.97 Å². The number of carboxylic acids is 1. The average Bonchev–Trinajstić information content (AvgIpc) is 2.88. The second-order valence-corrected chi connectivity index (χ2v) is 9.72. The number of methoxy groups -OCH3 is 1. The molecule has 0 aromatic heterocycles. The summed E-state index contributed by atoms with van der Waals surface area (Å²) in [6.07, 6.45) is 1.28. The molecule has 0 spiro atoms. The van der Waals surface area contributed by atoms with Crippen LogP contribution in [0.4, 0.5) is 0 Å². The first-order valence-electron chi connectivity index (χ1n) is 11.7. The molecule has 3 aromatic rings. The van der Waals surface area contributed by atoms with Gasteiger partial charge in [-0.15, -0.1) is 0 Å². The minimum atomic E-state index is -1.04. The number of carbonyl (C=O) groups is 2. The molecule has 1 amide bonds. The van der Waals surface area contributed by atoms with Crippen LogP contribution < -0.4 is 19.5 Å². The molecule has 8 heteroatoms. The molecule has 2 aliphatic heterocycles. The number of carbonyl (C=O) groups excluding carboxylic acids is 1. The third-order valence-electron chi connectivity index (χ3n) is 6.86. The van der Waals surface area contributed by atoms with Gasteiger partial charge in [0.05, 0.1) is 18.7 Å². The Bertz CT molecular complexity index is 1320. The lowest BCUT2D eigenvalue weighted by Gasteiger charge is -2.38. The first kappa shape index (κ1) is 24.0. The first-order chi connectivity index (χ1) is 17.3. The van der Waals surface area contributed by atoms with Crippen molar-refractivity contribution in [3.63, 3.8) is 0 Å². The number of aryl methyl sites for hydroxylation is 1. The van der Waals surface area contributed by atoms with Crippen molar-refractivity contribution >= 4 is 23.5 Å². The molecule has 0 aliphatic carbocycles. The molecule has 0 fully saturated rings. The predicted octanol–water partition coefficient (Wildman–Crippen LogP) is 5.51. The third kappa shape index (κ3) is 4.58. The monoisotopic (exact) mass is 507 g/mol. The van der Waals surface area contributed by atoms with Gasteiger partial charge in [-0.1, -0.05) is 23.7 Å². The second-order valence-electron chi connectivity index (χ2n) is 9.28. The highest BCUT2D eigenvalue weighted by molar-refractivity contribution is 6.30. The summed E-state index contributed by atoms with van der Waals surface area (Å²) >= 11 is 6.11. The smallest absolute Gasteiger partial charge is 0.335 e. The average molecular weight is 508 g/mol. The zero-order valence-corrected chi connectivity index (χ0v) is 20.7. The maximum Gasteiger partial charge on any atom is 0.335 e. The lowest BCUT2D eigenvalue weighted by atomic mass is 9.89. The minimum absolute atomic E-state index is 0.199. The molecule has 0 unspecified atom stereocenters. The van der Waals surface area contributed by atoms with Crippen LogP contribution in [-0.2, 0) is 11.2 Å². The van der Waals surface area contributed by atoms with Crippen molar-refractivity contribution < 1.29 is 28.9 Å². The number of carboxylic acid groups (broad SMARTS) is 1.